The highest BCUT2D eigenvalue weighted by atomic mass is 32.1. The Bertz CT molecular complexity index is 1140. The van der Waals surface area contributed by atoms with Crippen LogP contribution in [0.15, 0.2) is 59.7 Å². The van der Waals surface area contributed by atoms with Crippen LogP contribution in [0.25, 0.3) is 16.5 Å². The summed E-state index contributed by atoms with van der Waals surface area (Å²) in [6.07, 6.45) is 11.5. The molecule has 6 unspecified atom stereocenters. The Hall–Kier alpha value is -1.97. The third-order valence-electron chi connectivity index (χ3n) is 9.72. The van der Waals surface area contributed by atoms with Gasteiger partial charge in [0.25, 0.3) is 0 Å². The number of carbonyl (C=O) groups excluding carboxylic acids is 1. The summed E-state index contributed by atoms with van der Waals surface area (Å²) in [6.45, 7) is 4.71. The van der Waals surface area contributed by atoms with Gasteiger partial charge in [-0.2, -0.15) is 0 Å². The minimum Gasteiger partial charge on any atom is -0.393 e. The molecule has 6 atom stereocenters. The number of aliphatic hydroxyl groups excluding tert-OH is 1. The summed E-state index contributed by atoms with van der Waals surface area (Å²) in [6, 6.07) is 14.9. The van der Waals surface area contributed by atoms with Crippen LogP contribution in [0.1, 0.15) is 63.7 Å². The van der Waals surface area contributed by atoms with E-state index in [9.17, 15) is 9.90 Å². The monoisotopic (exact) mass is 458 g/mol. The van der Waals surface area contributed by atoms with Gasteiger partial charge in [0.15, 0.2) is 5.78 Å². The lowest BCUT2D eigenvalue weighted by Crippen LogP contribution is -2.50. The number of carbonyl (C=O) groups is 1. The summed E-state index contributed by atoms with van der Waals surface area (Å²) in [5, 5.41) is 10.2. The molecule has 0 aliphatic heterocycles. The first-order chi connectivity index (χ1) is 15.9. The average molecular weight is 459 g/mol. The summed E-state index contributed by atoms with van der Waals surface area (Å²) >= 11 is 1.78. The number of Topliss-reactive ketones (excluding diaryl/α,β-unsaturated/α-hetero) is 1. The van der Waals surface area contributed by atoms with Gasteiger partial charge in [0.1, 0.15) is 0 Å². The van der Waals surface area contributed by atoms with Crippen LogP contribution < -0.4 is 0 Å². The summed E-state index contributed by atoms with van der Waals surface area (Å²) in [4.78, 5) is 16.2. The van der Waals surface area contributed by atoms with Crippen molar-refractivity contribution in [3.05, 3.63) is 64.6 Å². The largest absolute Gasteiger partial charge is 0.393 e. The van der Waals surface area contributed by atoms with Gasteiger partial charge in [-0.15, -0.1) is 11.3 Å². The second-order valence-corrected chi connectivity index (χ2v) is 12.5. The van der Waals surface area contributed by atoms with Crippen molar-refractivity contribution < 1.29 is 9.90 Å². The zero-order valence-electron chi connectivity index (χ0n) is 19.7. The molecule has 2 aromatic rings. The van der Waals surface area contributed by atoms with Gasteiger partial charge in [0, 0.05) is 15.2 Å². The van der Waals surface area contributed by atoms with E-state index in [1.54, 1.807) is 11.3 Å². The predicted octanol–water partition coefficient (Wildman–Crippen LogP) is 7.30. The van der Waals surface area contributed by atoms with Crippen molar-refractivity contribution in [3.8, 4) is 10.4 Å². The van der Waals surface area contributed by atoms with Gasteiger partial charge in [0.2, 0.25) is 0 Å². The highest BCUT2D eigenvalue weighted by Crippen LogP contribution is 2.64. The van der Waals surface area contributed by atoms with Crippen LogP contribution in [0.3, 0.4) is 0 Å². The van der Waals surface area contributed by atoms with Crippen LogP contribution in [0, 0.1) is 28.6 Å². The van der Waals surface area contributed by atoms with Crippen molar-refractivity contribution in [1.29, 1.82) is 0 Å². The molecule has 0 amide bonds. The lowest BCUT2D eigenvalue weighted by atomic mass is 9.48. The second-order valence-electron chi connectivity index (χ2n) is 11.4. The Kier molecular flexibility index (Phi) is 5.08. The number of rotatable bonds is 2. The zero-order valence-corrected chi connectivity index (χ0v) is 20.5. The van der Waals surface area contributed by atoms with Crippen molar-refractivity contribution in [1.82, 2.24) is 0 Å². The number of hydrogen-bond donors (Lipinski definition) is 1. The lowest BCUT2D eigenvalue weighted by Gasteiger charge is -2.56. The number of hydrogen-bond acceptors (Lipinski definition) is 3. The van der Waals surface area contributed by atoms with Gasteiger partial charge in [-0.1, -0.05) is 55.8 Å². The zero-order chi connectivity index (χ0) is 22.8. The number of ketones is 1. The molecule has 0 bridgehead atoms. The van der Waals surface area contributed by atoms with Gasteiger partial charge in [-0.05, 0) is 97.5 Å². The molecule has 4 aliphatic carbocycles. The number of allylic oxidation sites excluding steroid dienone is 2. The van der Waals surface area contributed by atoms with Crippen LogP contribution in [0.2, 0.25) is 0 Å². The molecule has 4 aliphatic rings. The predicted molar refractivity (Wildman–Crippen MR) is 136 cm³/mol. The quantitative estimate of drug-likeness (QED) is 0.379. The average Bonchev–Trinajstić information content (AvgIpc) is 3.38. The maximum Gasteiger partial charge on any atom is 0.165 e. The molecule has 0 spiro atoms. The van der Waals surface area contributed by atoms with Crippen LogP contribution >= 0.6 is 11.3 Å². The maximum atomic E-state index is 13.7. The van der Waals surface area contributed by atoms with Crippen molar-refractivity contribution in [2.45, 2.75) is 64.9 Å². The maximum absolute atomic E-state index is 13.7. The fraction of sp³-hybridized carbons (Fsp3) is 0.500. The van der Waals surface area contributed by atoms with Crippen LogP contribution in [0.5, 0.6) is 0 Å². The Morgan fingerprint density at radius 3 is 2.58 bits per heavy atom. The molecule has 2 nitrogen and oxygen atoms in total. The molecule has 33 heavy (non-hydrogen) atoms. The number of benzene rings is 1. The molecule has 3 fully saturated rings. The van der Waals surface area contributed by atoms with Gasteiger partial charge >= 0.3 is 0 Å². The number of aliphatic hydroxyl groups is 1. The normalized spacial score (nSPS) is 39.1. The molecule has 1 N–H and O–H groups in total. The van der Waals surface area contributed by atoms with E-state index in [4.69, 9.17) is 0 Å². The fourth-order valence-corrected chi connectivity index (χ4v) is 8.78. The third kappa shape index (κ3) is 3.34. The van der Waals surface area contributed by atoms with Crippen LogP contribution in [0.4, 0.5) is 0 Å². The molecular weight excluding hydrogens is 424 g/mol. The number of fused-ring (bicyclic) bond motifs is 5. The van der Waals surface area contributed by atoms with Crippen molar-refractivity contribution in [2.75, 3.05) is 0 Å². The van der Waals surface area contributed by atoms with Crippen molar-refractivity contribution in [2.24, 2.45) is 28.6 Å². The smallest absolute Gasteiger partial charge is 0.165 e. The van der Waals surface area contributed by atoms with E-state index < -0.39 is 0 Å². The lowest BCUT2D eigenvalue weighted by molar-refractivity contribution is -0.130. The van der Waals surface area contributed by atoms with Crippen molar-refractivity contribution >= 4 is 23.2 Å². The first-order valence-corrected chi connectivity index (χ1v) is 13.5. The highest BCUT2D eigenvalue weighted by Gasteiger charge is 2.59. The van der Waals surface area contributed by atoms with E-state index in [0.717, 1.165) is 50.5 Å². The first-order valence-electron chi connectivity index (χ1n) is 12.7. The molecule has 6 rings (SSSR count). The third-order valence-corrected chi connectivity index (χ3v) is 10.8. The Balaban J connectivity index is 1.29. The van der Waals surface area contributed by atoms with Crippen LogP contribution in [-0.2, 0) is 4.79 Å². The molecular formula is C30H34O2S. The van der Waals surface area contributed by atoms with E-state index >= 15 is 0 Å². The molecule has 1 aromatic carbocycles. The van der Waals surface area contributed by atoms with Crippen molar-refractivity contribution in [3.63, 3.8) is 0 Å². The molecule has 0 saturated heterocycles. The van der Waals surface area contributed by atoms with E-state index in [0.29, 0.717) is 23.5 Å². The second kappa shape index (κ2) is 7.78. The fourth-order valence-electron chi connectivity index (χ4n) is 7.80. The summed E-state index contributed by atoms with van der Waals surface area (Å²) in [5.74, 6) is 2.09. The van der Waals surface area contributed by atoms with Gasteiger partial charge < -0.3 is 5.11 Å². The van der Waals surface area contributed by atoms with E-state index in [1.807, 2.05) is 6.07 Å². The Labute approximate surface area is 201 Å². The van der Waals surface area contributed by atoms with Gasteiger partial charge in [0.05, 0.1) is 6.10 Å². The topological polar surface area (TPSA) is 37.3 Å². The molecule has 172 valence electrons. The molecule has 1 heterocycles. The molecule has 1 aromatic heterocycles. The summed E-state index contributed by atoms with van der Waals surface area (Å²) < 4.78 is 0. The van der Waals surface area contributed by atoms with E-state index in [2.05, 4.69) is 62.4 Å². The van der Waals surface area contributed by atoms with E-state index in [1.165, 1.54) is 20.9 Å². The molecule has 3 heteroatoms. The molecule has 0 radical (unpaired) electrons. The van der Waals surface area contributed by atoms with E-state index in [-0.39, 0.29) is 16.9 Å². The highest BCUT2D eigenvalue weighted by molar-refractivity contribution is 7.16. The first kappa shape index (κ1) is 21.6. The summed E-state index contributed by atoms with van der Waals surface area (Å²) in [5.41, 5.74) is 3.80. The minimum absolute atomic E-state index is 0.163. The van der Waals surface area contributed by atoms with Gasteiger partial charge in [-0.25, -0.2) is 0 Å². The Morgan fingerprint density at radius 2 is 1.76 bits per heavy atom. The molecule has 3 saturated carbocycles. The standard InChI is InChI=1S/C30H34O2S/c1-29-14-12-22(31)18-21(29)8-10-24-25(29)13-15-30(2)26(24)17-20(28(30)32)16-23-9-11-27(33-23)19-6-4-3-5-7-19/h3-9,11,16,22,24-26,31H,10,12-15,17-18H2,1-2H3. The Morgan fingerprint density at radius 1 is 0.970 bits per heavy atom. The van der Waals surface area contributed by atoms with Gasteiger partial charge in [-0.3, -0.25) is 4.79 Å². The van der Waals surface area contributed by atoms with Crippen LogP contribution in [-0.4, -0.2) is 17.0 Å². The minimum atomic E-state index is -0.206. The SMILES string of the molecule is CC12CCC3C(CC=C4CC(O)CCC43C)C1CC(=Cc1ccc(-c3ccccc3)s1)C2=O. The summed E-state index contributed by atoms with van der Waals surface area (Å²) in [7, 11) is 0. The number of thiophene rings is 1.